The molecule has 3 nitrogen and oxygen atoms in total. The highest BCUT2D eigenvalue weighted by Crippen LogP contribution is 2.12. The molecule has 0 unspecified atom stereocenters. The zero-order chi connectivity index (χ0) is 10.7. The molecule has 0 saturated heterocycles. The zero-order valence-electron chi connectivity index (χ0n) is 8.69. The molecule has 0 fully saturated rings. The molecule has 0 aliphatic carbocycles. The van der Waals surface area contributed by atoms with E-state index in [2.05, 4.69) is 0 Å². The van der Waals surface area contributed by atoms with E-state index in [9.17, 15) is 0 Å². The Morgan fingerprint density at radius 1 is 1.29 bits per heavy atom. The summed E-state index contributed by atoms with van der Waals surface area (Å²) >= 11 is 0. The van der Waals surface area contributed by atoms with Crippen LogP contribution in [0.25, 0.3) is 0 Å². The van der Waals surface area contributed by atoms with Crippen LogP contribution < -0.4 is 10.2 Å². The molecule has 0 heterocycles. The number of benzene rings is 1. The van der Waals surface area contributed by atoms with E-state index in [1.165, 1.54) is 0 Å². The predicted octanol–water partition coefficient (Wildman–Crippen LogP) is 0.462. The van der Waals surface area contributed by atoms with Crippen LogP contribution >= 0.6 is 0 Å². The quantitative estimate of drug-likeness (QED) is 0.687. The summed E-state index contributed by atoms with van der Waals surface area (Å²) in [6.45, 7) is 5.68. The Balaban J connectivity index is 2.94. The van der Waals surface area contributed by atoms with Crippen LogP contribution in [0, 0.1) is 6.92 Å². The molecule has 1 aromatic rings. The van der Waals surface area contributed by atoms with Crippen LogP contribution in [0.1, 0.15) is 19.4 Å². The standard InChI is InChI=1S/C10H15BO3/c1-7(2)14-9-5-4-8(3)10(6-9)11(12)13/h4-7,12-13H,1-3H3. The van der Waals surface area contributed by atoms with E-state index in [1.54, 1.807) is 6.07 Å². The molecule has 0 aliphatic rings. The first-order valence-electron chi connectivity index (χ1n) is 4.64. The van der Waals surface area contributed by atoms with Crippen molar-refractivity contribution in [2.75, 3.05) is 0 Å². The van der Waals surface area contributed by atoms with Crippen molar-refractivity contribution in [1.29, 1.82) is 0 Å². The van der Waals surface area contributed by atoms with Crippen molar-refractivity contribution in [1.82, 2.24) is 0 Å². The largest absolute Gasteiger partial charge is 0.491 e. The summed E-state index contributed by atoms with van der Waals surface area (Å²) in [4.78, 5) is 0. The lowest BCUT2D eigenvalue weighted by atomic mass is 9.77. The average Bonchev–Trinajstić information content (AvgIpc) is 2.07. The molecule has 4 heteroatoms. The highest BCUT2D eigenvalue weighted by molar-refractivity contribution is 6.59. The van der Waals surface area contributed by atoms with Crippen LogP contribution in [0.15, 0.2) is 18.2 Å². The highest BCUT2D eigenvalue weighted by atomic mass is 16.5. The first kappa shape index (κ1) is 11.1. The molecule has 0 amide bonds. The third kappa shape index (κ3) is 2.75. The van der Waals surface area contributed by atoms with Crippen LogP contribution in [-0.2, 0) is 0 Å². The van der Waals surface area contributed by atoms with E-state index < -0.39 is 7.12 Å². The fourth-order valence-corrected chi connectivity index (χ4v) is 1.24. The summed E-state index contributed by atoms with van der Waals surface area (Å²) in [5.74, 6) is 0.661. The molecular formula is C10H15BO3. The van der Waals surface area contributed by atoms with E-state index >= 15 is 0 Å². The van der Waals surface area contributed by atoms with Crippen LogP contribution in [0.3, 0.4) is 0 Å². The van der Waals surface area contributed by atoms with E-state index in [1.807, 2.05) is 32.9 Å². The number of rotatable bonds is 3. The van der Waals surface area contributed by atoms with Gasteiger partial charge in [0.1, 0.15) is 5.75 Å². The molecular weight excluding hydrogens is 179 g/mol. The molecule has 0 radical (unpaired) electrons. The van der Waals surface area contributed by atoms with Crippen molar-refractivity contribution < 1.29 is 14.8 Å². The van der Waals surface area contributed by atoms with E-state index in [0.29, 0.717) is 11.2 Å². The van der Waals surface area contributed by atoms with Crippen molar-refractivity contribution in [3.63, 3.8) is 0 Å². The van der Waals surface area contributed by atoms with Crippen molar-refractivity contribution in [3.05, 3.63) is 23.8 Å². The Hall–Kier alpha value is -0.995. The van der Waals surface area contributed by atoms with E-state index in [4.69, 9.17) is 14.8 Å². The third-order valence-electron chi connectivity index (χ3n) is 1.90. The molecule has 0 aliphatic heterocycles. The molecule has 1 aromatic carbocycles. The van der Waals surface area contributed by atoms with Crippen LogP contribution in [-0.4, -0.2) is 23.3 Å². The zero-order valence-corrected chi connectivity index (χ0v) is 8.69. The number of ether oxygens (including phenoxy) is 1. The van der Waals surface area contributed by atoms with E-state index in [0.717, 1.165) is 5.56 Å². The van der Waals surface area contributed by atoms with Gasteiger partial charge >= 0.3 is 7.12 Å². The summed E-state index contributed by atoms with van der Waals surface area (Å²) in [6.07, 6.45) is 0.0846. The fraction of sp³-hybridized carbons (Fsp3) is 0.400. The molecule has 14 heavy (non-hydrogen) atoms. The van der Waals surface area contributed by atoms with Gasteiger partial charge in [0, 0.05) is 0 Å². The van der Waals surface area contributed by atoms with Gasteiger partial charge in [-0.15, -0.1) is 0 Å². The number of hydrogen-bond acceptors (Lipinski definition) is 3. The first-order valence-corrected chi connectivity index (χ1v) is 4.64. The van der Waals surface area contributed by atoms with Gasteiger partial charge in [0.15, 0.2) is 0 Å². The normalized spacial score (nSPS) is 10.4. The fourth-order valence-electron chi connectivity index (χ4n) is 1.24. The second-order valence-electron chi connectivity index (χ2n) is 3.56. The van der Waals surface area contributed by atoms with Crippen LogP contribution in [0.2, 0.25) is 0 Å². The van der Waals surface area contributed by atoms with Crippen molar-refractivity contribution in [2.45, 2.75) is 26.9 Å². The highest BCUT2D eigenvalue weighted by Gasteiger charge is 2.14. The Labute approximate surface area is 84.5 Å². The third-order valence-corrected chi connectivity index (χ3v) is 1.90. The minimum absolute atomic E-state index is 0.0846. The predicted molar refractivity (Wildman–Crippen MR) is 56.8 cm³/mol. The van der Waals surface area contributed by atoms with Gasteiger partial charge in [0.25, 0.3) is 0 Å². The summed E-state index contributed by atoms with van der Waals surface area (Å²) < 4.78 is 5.44. The molecule has 0 bridgehead atoms. The average molecular weight is 194 g/mol. The molecule has 1 rings (SSSR count). The molecule has 76 valence electrons. The van der Waals surface area contributed by atoms with Gasteiger partial charge in [-0.3, -0.25) is 0 Å². The van der Waals surface area contributed by atoms with Gasteiger partial charge in [0.05, 0.1) is 6.10 Å². The lowest BCUT2D eigenvalue weighted by Gasteiger charge is -2.12. The maximum atomic E-state index is 9.06. The molecule has 2 N–H and O–H groups in total. The van der Waals surface area contributed by atoms with Gasteiger partial charge in [-0.05, 0) is 38.4 Å². The lowest BCUT2D eigenvalue weighted by Crippen LogP contribution is -2.32. The molecule has 0 aromatic heterocycles. The summed E-state index contributed by atoms with van der Waals surface area (Å²) in [5, 5.41) is 18.1. The van der Waals surface area contributed by atoms with Gasteiger partial charge in [0.2, 0.25) is 0 Å². The second-order valence-corrected chi connectivity index (χ2v) is 3.56. The molecule has 0 saturated carbocycles. The number of hydrogen-bond donors (Lipinski definition) is 2. The maximum Gasteiger partial charge on any atom is 0.488 e. The van der Waals surface area contributed by atoms with Crippen molar-refractivity contribution in [3.8, 4) is 5.75 Å². The monoisotopic (exact) mass is 194 g/mol. The summed E-state index contributed by atoms with van der Waals surface area (Å²) in [5.41, 5.74) is 1.33. The summed E-state index contributed by atoms with van der Waals surface area (Å²) in [7, 11) is -1.44. The topological polar surface area (TPSA) is 49.7 Å². The van der Waals surface area contributed by atoms with Crippen LogP contribution in [0.5, 0.6) is 5.75 Å². The maximum absolute atomic E-state index is 9.06. The molecule has 0 atom stereocenters. The minimum atomic E-state index is -1.44. The Bertz CT molecular complexity index is 310. The van der Waals surface area contributed by atoms with Crippen LogP contribution in [0.4, 0.5) is 0 Å². The van der Waals surface area contributed by atoms with Gasteiger partial charge in [-0.25, -0.2) is 0 Å². The Morgan fingerprint density at radius 2 is 1.93 bits per heavy atom. The van der Waals surface area contributed by atoms with Gasteiger partial charge in [-0.2, -0.15) is 0 Å². The van der Waals surface area contributed by atoms with Crippen molar-refractivity contribution in [2.24, 2.45) is 0 Å². The first-order chi connectivity index (χ1) is 6.50. The second kappa shape index (κ2) is 4.48. The Kier molecular flexibility index (Phi) is 3.55. The Morgan fingerprint density at radius 3 is 2.43 bits per heavy atom. The van der Waals surface area contributed by atoms with Crippen molar-refractivity contribution >= 4 is 12.6 Å². The number of aryl methyl sites for hydroxylation is 1. The van der Waals surface area contributed by atoms with Gasteiger partial charge in [-0.1, -0.05) is 11.6 Å². The lowest BCUT2D eigenvalue weighted by molar-refractivity contribution is 0.242. The van der Waals surface area contributed by atoms with Gasteiger partial charge < -0.3 is 14.8 Å². The summed E-state index contributed by atoms with van der Waals surface area (Å²) in [6, 6.07) is 5.29. The smallest absolute Gasteiger partial charge is 0.488 e. The molecule has 0 spiro atoms. The SMILES string of the molecule is Cc1ccc(OC(C)C)cc1B(O)O. The van der Waals surface area contributed by atoms with E-state index in [-0.39, 0.29) is 6.10 Å². The minimum Gasteiger partial charge on any atom is -0.491 e.